The predicted molar refractivity (Wildman–Crippen MR) is 51.0 cm³/mol. The van der Waals surface area contributed by atoms with Crippen LogP contribution in [0, 0.1) is 5.92 Å². The van der Waals surface area contributed by atoms with Crippen LogP contribution in [0.3, 0.4) is 0 Å². The van der Waals surface area contributed by atoms with Crippen LogP contribution in [-0.4, -0.2) is 35.9 Å². The van der Waals surface area contributed by atoms with Gasteiger partial charge in [0.1, 0.15) is 0 Å². The van der Waals surface area contributed by atoms with Gasteiger partial charge in [-0.05, 0) is 12.8 Å². The normalized spacial score (nSPS) is 16.1. The van der Waals surface area contributed by atoms with Crippen molar-refractivity contribution in [2.75, 3.05) is 6.61 Å². The van der Waals surface area contributed by atoms with E-state index in [9.17, 15) is 43.9 Å². The van der Waals surface area contributed by atoms with E-state index in [1.807, 2.05) is 0 Å². The van der Waals surface area contributed by atoms with Crippen molar-refractivity contribution < 1.29 is 49.0 Å². The monoisotopic (exact) mass is 338 g/mol. The van der Waals surface area contributed by atoms with Gasteiger partial charge in [0, 0.05) is 13.0 Å². The Hall–Kier alpha value is -0.740. The van der Waals surface area contributed by atoms with E-state index < -0.39 is 56.0 Å². The molecule has 0 heterocycles. The minimum atomic E-state index is -6.51. The van der Waals surface area contributed by atoms with E-state index in [1.165, 1.54) is 0 Å². The fourth-order valence-corrected chi connectivity index (χ4v) is 1.62. The van der Waals surface area contributed by atoms with E-state index in [0.29, 0.717) is 0 Å². The number of alkyl halides is 10. The minimum absolute atomic E-state index is 0.246. The van der Waals surface area contributed by atoms with E-state index in [0.717, 1.165) is 0 Å². The van der Waals surface area contributed by atoms with Crippen LogP contribution in [0.2, 0.25) is 0 Å². The summed E-state index contributed by atoms with van der Waals surface area (Å²) in [5, 5.41) is 8.36. The Bertz CT molecular complexity index is 301. The number of halogens is 10. The molecular formula is C10H12F10O. The second-order valence-corrected chi connectivity index (χ2v) is 4.46. The molecule has 0 fully saturated rings. The summed E-state index contributed by atoms with van der Waals surface area (Å²) >= 11 is 0. The summed E-state index contributed by atoms with van der Waals surface area (Å²) in [5.41, 5.74) is -5.93. The smallest absolute Gasteiger partial charge is 0.396 e. The number of hydrogen-bond acceptors (Lipinski definition) is 1. The van der Waals surface area contributed by atoms with Crippen molar-refractivity contribution in [3.63, 3.8) is 0 Å². The predicted octanol–water partition coefficient (Wildman–Crippen LogP) is 4.55. The van der Waals surface area contributed by atoms with Gasteiger partial charge < -0.3 is 5.11 Å². The van der Waals surface area contributed by atoms with Crippen molar-refractivity contribution in [3.8, 4) is 0 Å². The third-order valence-corrected chi connectivity index (χ3v) is 2.85. The number of unbranched alkanes of at least 4 members (excludes halogenated alkanes) is 1. The third kappa shape index (κ3) is 5.19. The van der Waals surface area contributed by atoms with Crippen LogP contribution in [0.1, 0.15) is 25.7 Å². The summed E-state index contributed by atoms with van der Waals surface area (Å²) in [6, 6.07) is 0. The summed E-state index contributed by atoms with van der Waals surface area (Å²) in [5.74, 6) is -3.11. The van der Waals surface area contributed by atoms with Crippen LogP contribution in [0.25, 0.3) is 0 Å². The Balaban J connectivity index is 5.34. The molecule has 0 saturated heterocycles. The van der Waals surface area contributed by atoms with Gasteiger partial charge in [0.15, 0.2) is 0 Å². The third-order valence-electron chi connectivity index (χ3n) is 2.85. The van der Waals surface area contributed by atoms with Gasteiger partial charge in [-0.2, -0.15) is 39.5 Å². The molecule has 1 nitrogen and oxygen atoms in total. The zero-order valence-corrected chi connectivity index (χ0v) is 10.3. The first kappa shape index (κ1) is 20.3. The number of hydrogen-bond donors (Lipinski definition) is 1. The zero-order chi connectivity index (χ0) is 17.1. The molecule has 0 aliphatic heterocycles. The first-order chi connectivity index (χ1) is 9.17. The average Bonchev–Trinajstić information content (AvgIpc) is 2.23. The van der Waals surface area contributed by atoms with Crippen LogP contribution in [0.15, 0.2) is 0 Å². The first-order valence-corrected chi connectivity index (χ1v) is 5.66. The highest BCUT2D eigenvalue weighted by atomic mass is 19.4. The summed E-state index contributed by atoms with van der Waals surface area (Å²) < 4.78 is 124. The molecule has 0 radical (unpaired) electrons. The Morgan fingerprint density at radius 1 is 0.714 bits per heavy atom. The van der Waals surface area contributed by atoms with E-state index in [4.69, 9.17) is 5.11 Å². The highest BCUT2D eigenvalue weighted by Gasteiger charge is 2.73. The molecule has 0 saturated carbocycles. The van der Waals surface area contributed by atoms with Crippen LogP contribution in [0.5, 0.6) is 0 Å². The van der Waals surface area contributed by atoms with Crippen LogP contribution in [-0.2, 0) is 0 Å². The second-order valence-electron chi connectivity index (χ2n) is 4.46. The van der Waals surface area contributed by atoms with E-state index >= 15 is 0 Å². The molecule has 0 aromatic rings. The van der Waals surface area contributed by atoms with Gasteiger partial charge in [0.25, 0.3) is 5.67 Å². The number of aliphatic hydroxyl groups is 1. The van der Waals surface area contributed by atoms with Crippen molar-refractivity contribution in [3.05, 3.63) is 0 Å². The van der Waals surface area contributed by atoms with E-state index in [1.54, 1.807) is 0 Å². The standard InChI is InChI=1S/C10H12F10O/c11-7(9(15,16)17,10(18,19)20)5-6(8(12,13)14)3-1-2-4-21/h6,21H,1-5H2. The van der Waals surface area contributed by atoms with Gasteiger partial charge in [0.2, 0.25) is 0 Å². The van der Waals surface area contributed by atoms with Gasteiger partial charge in [-0.3, -0.25) is 0 Å². The summed E-state index contributed by atoms with van der Waals surface area (Å²) in [6.07, 6.45) is -23.1. The summed E-state index contributed by atoms with van der Waals surface area (Å²) in [7, 11) is 0. The molecule has 0 spiro atoms. The molecule has 11 heteroatoms. The maximum atomic E-state index is 13.3. The molecule has 0 bridgehead atoms. The Kier molecular flexibility index (Phi) is 6.34. The fraction of sp³-hybridized carbons (Fsp3) is 1.00. The second kappa shape index (κ2) is 6.57. The quantitative estimate of drug-likeness (QED) is 0.556. The molecule has 21 heavy (non-hydrogen) atoms. The van der Waals surface area contributed by atoms with Gasteiger partial charge >= 0.3 is 18.5 Å². The lowest BCUT2D eigenvalue weighted by molar-refractivity contribution is -0.352. The van der Waals surface area contributed by atoms with Crippen LogP contribution < -0.4 is 0 Å². The Labute approximate surface area is 112 Å². The van der Waals surface area contributed by atoms with Gasteiger partial charge in [-0.25, -0.2) is 4.39 Å². The molecular weight excluding hydrogens is 326 g/mol. The van der Waals surface area contributed by atoms with Crippen molar-refractivity contribution in [1.29, 1.82) is 0 Å². The molecule has 0 rings (SSSR count). The van der Waals surface area contributed by atoms with Crippen molar-refractivity contribution in [1.82, 2.24) is 0 Å². The maximum Gasteiger partial charge on any atom is 0.431 e. The van der Waals surface area contributed by atoms with Crippen molar-refractivity contribution in [2.45, 2.75) is 49.9 Å². The molecule has 0 aliphatic rings. The highest BCUT2D eigenvalue weighted by Crippen LogP contribution is 2.52. The highest BCUT2D eigenvalue weighted by molar-refractivity contribution is 4.97. The fourth-order valence-electron chi connectivity index (χ4n) is 1.62. The first-order valence-electron chi connectivity index (χ1n) is 5.66. The Morgan fingerprint density at radius 2 is 1.14 bits per heavy atom. The molecule has 128 valence electrons. The van der Waals surface area contributed by atoms with Crippen molar-refractivity contribution >= 4 is 0 Å². The number of rotatable bonds is 6. The SMILES string of the molecule is OCCCCC(CC(F)(C(F)(F)F)C(F)(F)F)C(F)(F)F. The minimum Gasteiger partial charge on any atom is -0.396 e. The molecule has 1 unspecified atom stereocenters. The lowest BCUT2D eigenvalue weighted by Crippen LogP contribution is -2.55. The molecule has 0 aromatic heterocycles. The van der Waals surface area contributed by atoms with E-state index in [2.05, 4.69) is 0 Å². The van der Waals surface area contributed by atoms with Crippen LogP contribution in [0.4, 0.5) is 43.9 Å². The molecule has 0 aliphatic carbocycles. The molecule has 1 N–H and O–H groups in total. The Morgan fingerprint density at radius 3 is 1.43 bits per heavy atom. The lowest BCUT2D eigenvalue weighted by Gasteiger charge is -2.33. The summed E-state index contributed by atoms with van der Waals surface area (Å²) in [6.45, 7) is -0.579. The lowest BCUT2D eigenvalue weighted by atomic mass is 9.87. The zero-order valence-electron chi connectivity index (χ0n) is 10.3. The molecule has 1 atom stereocenters. The molecule has 0 aromatic carbocycles. The molecule has 0 amide bonds. The van der Waals surface area contributed by atoms with Crippen molar-refractivity contribution in [2.24, 2.45) is 5.92 Å². The van der Waals surface area contributed by atoms with Gasteiger partial charge in [-0.1, -0.05) is 6.42 Å². The van der Waals surface area contributed by atoms with Crippen LogP contribution >= 0.6 is 0 Å². The topological polar surface area (TPSA) is 20.2 Å². The largest absolute Gasteiger partial charge is 0.431 e. The van der Waals surface area contributed by atoms with Gasteiger partial charge in [0.05, 0.1) is 5.92 Å². The maximum absolute atomic E-state index is 13.3. The number of aliphatic hydroxyl groups excluding tert-OH is 1. The van der Waals surface area contributed by atoms with E-state index in [-0.39, 0.29) is 6.42 Å². The average molecular weight is 338 g/mol. The van der Waals surface area contributed by atoms with Gasteiger partial charge in [-0.15, -0.1) is 0 Å². The summed E-state index contributed by atoms with van der Waals surface area (Å²) in [4.78, 5) is 0.